The van der Waals surface area contributed by atoms with E-state index < -0.39 is 18.0 Å². The number of carbonyl (C=O) groups is 2. The number of rotatable bonds is 3. The van der Waals surface area contributed by atoms with E-state index in [0.717, 1.165) is 10.0 Å². The van der Waals surface area contributed by atoms with Crippen LogP contribution in [0.5, 0.6) is 0 Å². The fourth-order valence-electron chi connectivity index (χ4n) is 1.15. The van der Waals surface area contributed by atoms with Crippen LogP contribution in [0.3, 0.4) is 0 Å². The summed E-state index contributed by atoms with van der Waals surface area (Å²) in [6, 6.07) is 3.99. The van der Waals surface area contributed by atoms with E-state index in [1.165, 1.54) is 6.92 Å². The van der Waals surface area contributed by atoms with E-state index >= 15 is 0 Å². The fraction of sp³-hybridized carbons (Fsp3) is 0.273. The molecule has 0 aliphatic rings. The van der Waals surface area contributed by atoms with Crippen LogP contribution in [0.15, 0.2) is 22.7 Å². The largest absolute Gasteiger partial charge is 0.480 e. The van der Waals surface area contributed by atoms with Crippen molar-refractivity contribution < 1.29 is 14.7 Å². The van der Waals surface area contributed by atoms with E-state index in [-0.39, 0.29) is 0 Å². The molecule has 6 heteroatoms. The lowest BCUT2D eigenvalue weighted by atomic mass is 10.2. The second-order valence-electron chi connectivity index (χ2n) is 3.62. The summed E-state index contributed by atoms with van der Waals surface area (Å²) in [5, 5.41) is 13.5. The van der Waals surface area contributed by atoms with Crippen LogP contribution in [0.25, 0.3) is 0 Å². The molecule has 92 valence electrons. The van der Waals surface area contributed by atoms with Gasteiger partial charge in [0.1, 0.15) is 6.04 Å². The number of hydrogen-bond donors (Lipinski definition) is 3. The first-order valence-corrected chi connectivity index (χ1v) is 5.76. The maximum absolute atomic E-state index is 11.5. The van der Waals surface area contributed by atoms with Gasteiger partial charge in [-0.15, -0.1) is 0 Å². The van der Waals surface area contributed by atoms with Gasteiger partial charge in [0.05, 0.1) is 0 Å². The van der Waals surface area contributed by atoms with Crippen molar-refractivity contribution in [3.63, 3.8) is 0 Å². The quantitative estimate of drug-likeness (QED) is 0.802. The first-order valence-electron chi connectivity index (χ1n) is 4.96. The number of nitrogens with one attached hydrogen (secondary N) is 2. The van der Waals surface area contributed by atoms with Gasteiger partial charge in [-0.25, -0.2) is 4.79 Å². The molecule has 1 aromatic carbocycles. The number of hydrogen-bond acceptors (Lipinski definition) is 2. The number of aryl methyl sites for hydroxylation is 1. The SMILES string of the molecule is Cc1ccc(Br)cc1NC(=O)NC(C)C(=O)O. The highest BCUT2D eigenvalue weighted by molar-refractivity contribution is 9.10. The maximum Gasteiger partial charge on any atom is 0.325 e. The van der Waals surface area contributed by atoms with E-state index in [1.54, 1.807) is 6.07 Å². The molecule has 1 unspecified atom stereocenters. The summed E-state index contributed by atoms with van der Waals surface area (Å²) in [6.45, 7) is 3.25. The second-order valence-corrected chi connectivity index (χ2v) is 4.53. The highest BCUT2D eigenvalue weighted by Crippen LogP contribution is 2.20. The minimum absolute atomic E-state index is 0.541. The zero-order chi connectivity index (χ0) is 13.0. The molecule has 3 N–H and O–H groups in total. The summed E-state index contributed by atoms with van der Waals surface area (Å²) in [4.78, 5) is 22.0. The third-order valence-corrected chi connectivity index (χ3v) is 2.66. The van der Waals surface area contributed by atoms with Gasteiger partial charge in [-0.1, -0.05) is 22.0 Å². The standard InChI is InChI=1S/C11H13BrN2O3/c1-6-3-4-8(12)5-9(6)14-11(17)13-7(2)10(15)16/h3-5,7H,1-2H3,(H,15,16)(H2,13,14,17). The van der Waals surface area contributed by atoms with Gasteiger partial charge in [0.2, 0.25) is 0 Å². The second kappa shape index (κ2) is 5.67. The van der Waals surface area contributed by atoms with E-state index in [1.807, 2.05) is 19.1 Å². The van der Waals surface area contributed by atoms with Gasteiger partial charge in [-0.05, 0) is 31.5 Å². The predicted molar refractivity (Wildman–Crippen MR) is 68.1 cm³/mol. The summed E-state index contributed by atoms with van der Waals surface area (Å²) in [5.74, 6) is -1.08. The number of halogens is 1. The Kier molecular flexibility index (Phi) is 4.51. The third kappa shape index (κ3) is 4.07. The molecule has 1 aromatic rings. The topological polar surface area (TPSA) is 78.4 Å². The molecule has 0 bridgehead atoms. The van der Waals surface area contributed by atoms with Crippen molar-refractivity contribution in [1.29, 1.82) is 0 Å². The van der Waals surface area contributed by atoms with E-state index in [4.69, 9.17) is 5.11 Å². The van der Waals surface area contributed by atoms with Crippen LogP contribution < -0.4 is 10.6 Å². The Morgan fingerprint density at radius 3 is 2.65 bits per heavy atom. The molecule has 0 saturated carbocycles. The summed E-state index contributed by atoms with van der Waals surface area (Å²) in [7, 11) is 0. The molecule has 0 aliphatic carbocycles. The minimum atomic E-state index is -1.08. The van der Waals surface area contributed by atoms with Crippen LogP contribution in [-0.2, 0) is 4.79 Å². The van der Waals surface area contributed by atoms with Crippen molar-refractivity contribution in [1.82, 2.24) is 5.32 Å². The van der Waals surface area contributed by atoms with Gasteiger partial charge in [0, 0.05) is 10.2 Å². The number of amides is 2. The van der Waals surface area contributed by atoms with Gasteiger partial charge in [0.25, 0.3) is 0 Å². The van der Waals surface area contributed by atoms with Crippen LogP contribution in [0.4, 0.5) is 10.5 Å². The molecule has 0 spiro atoms. The Labute approximate surface area is 107 Å². The molecule has 1 rings (SSSR count). The number of urea groups is 1. The number of carboxylic acids is 1. The first-order chi connectivity index (χ1) is 7.90. The maximum atomic E-state index is 11.5. The summed E-state index contributed by atoms with van der Waals surface area (Å²) >= 11 is 3.29. The molecule has 0 saturated heterocycles. The molecule has 17 heavy (non-hydrogen) atoms. The summed E-state index contributed by atoms with van der Waals surface area (Å²) in [6.07, 6.45) is 0. The Morgan fingerprint density at radius 2 is 2.06 bits per heavy atom. The zero-order valence-electron chi connectivity index (χ0n) is 9.45. The van der Waals surface area contributed by atoms with E-state index in [2.05, 4.69) is 26.6 Å². The van der Waals surface area contributed by atoms with Crippen LogP contribution in [0.2, 0.25) is 0 Å². The fourth-order valence-corrected chi connectivity index (χ4v) is 1.51. The molecule has 2 amide bonds. The van der Waals surface area contributed by atoms with Crippen LogP contribution in [0.1, 0.15) is 12.5 Å². The van der Waals surface area contributed by atoms with Crippen molar-refractivity contribution in [3.8, 4) is 0 Å². The normalized spacial score (nSPS) is 11.7. The van der Waals surface area contributed by atoms with Gasteiger partial charge >= 0.3 is 12.0 Å². The van der Waals surface area contributed by atoms with Crippen LogP contribution >= 0.6 is 15.9 Å². The molecular formula is C11H13BrN2O3. The van der Waals surface area contributed by atoms with Gasteiger partial charge in [-0.2, -0.15) is 0 Å². The van der Waals surface area contributed by atoms with E-state index in [0.29, 0.717) is 5.69 Å². The number of aliphatic carboxylic acids is 1. The Bertz CT molecular complexity index is 448. The molecule has 0 aromatic heterocycles. The highest BCUT2D eigenvalue weighted by Gasteiger charge is 2.14. The average molecular weight is 301 g/mol. The molecule has 0 radical (unpaired) electrons. The Balaban J connectivity index is 2.68. The molecule has 0 fully saturated rings. The van der Waals surface area contributed by atoms with Gasteiger partial charge in [0.15, 0.2) is 0 Å². The lowest BCUT2D eigenvalue weighted by molar-refractivity contribution is -0.138. The van der Waals surface area contributed by atoms with E-state index in [9.17, 15) is 9.59 Å². The Hall–Kier alpha value is -1.56. The van der Waals surface area contributed by atoms with Crippen molar-refractivity contribution in [2.45, 2.75) is 19.9 Å². The number of carboxylic acid groups (broad SMARTS) is 1. The molecule has 5 nitrogen and oxygen atoms in total. The number of benzene rings is 1. The van der Waals surface area contributed by atoms with Crippen molar-refractivity contribution >= 4 is 33.6 Å². The summed E-state index contributed by atoms with van der Waals surface area (Å²) in [5.41, 5.74) is 1.53. The third-order valence-electron chi connectivity index (χ3n) is 2.17. The van der Waals surface area contributed by atoms with Gasteiger partial charge < -0.3 is 15.7 Å². The number of carbonyl (C=O) groups excluding carboxylic acids is 1. The summed E-state index contributed by atoms with van der Waals surface area (Å²) < 4.78 is 0.838. The first kappa shape index (κ1) is 13.5. The van der Waals surface area contributed by atoms with Crippen LogP contribution in [-0.4, -0.2) is 23.1 Å². The molecule has 1 atom stereocenters. The van der Waals surface area contributed by atoms with Crippen molar-refractivity contribution in [3.05, 3.63) is 28.2 Å². The lowest BCUT2D eigenvalue weighted by Crippen LogP contribution is -2.40. The molecule has 0 heterocycles. The molecular weight excluding hydrogens is 288 g/mol. The number of anilines is 1. The average Bonchev–Trinajstić information content (AvgIpc) is 2.23. The van der Waals surface area contributed by atoms with Crippen LogP contribution in [0, 0.1) is 6.92 Å². The zero-order valence-corrected chi connectivity index (χ0v) is 11.0. The van der Waals surface area contributed by atoms with Crippen molar-refractivity contribution in [2.24, 2.45) is 0 Å². The lowest BCUT2D eigenvalue weighted by Gasteiger charge is -2.12. The minimum Gasteiger partial charge on any atom is -0.480 e. The predicted octanol–water partition coefficient (Wildman–Crippen LogP) is 2.35. The Morgan fingerprint density at radius 1 is 1.41 bits per heavy atom. The van der Waals surface area contributed by atoms with Gasteiger partial charge in [-0.3, -0.25) is 4.79 Å². The molecule has 0 aliphatic heterocycles. The smallest absolute Gasteiger partial charge is 0.325 e. The monoisotopic (exact) mass is 300 g/mol. The highest BCUT2D eigenvalue weighted by atomic mass is 79.9. The van der Waals surface area contributed by atoms with Crippen molar-refractivity contribution in [2.75, 3.05) is 5.32 Å².